The van der Waals surface area contributed by atoms with Crippen molar-refractivity contribution in [3.63, 3.8) is 0 Å². The van der Waals surface area contributed by atoms with Crippen LogP contribution in [-0.4, -0.2) is 18.2 Å². The standard InChI is InChI=1S/C13H12BrNO3/c1-7-6-9(4-5-10(7)14)12-11(13(16)17-3)8(2)15-18-12/h4-6H,1-3H3. The van der Waals surface area contributed by atoms with Crippen LogP contribution in [0.15, 0.2) is 27.2 Å². The van der Waals surface area contributed by atoms with E-state index >= 15 is 0 Å². The van der Waals surface area contributed by atoms with Crippen molar-refractivity contribution in [1.29, 1.82) is 0 Å². The number of hydrogen-bond acceptors (Lipinski definition) is 4. The van der Waals surface area contributed by atoms with E-state index in [0.29, 0.717) is 17.0 Å². The van der Waals surface area contributed by atoms with Gasteiger partial charge in [-0.3, -0.25) is 0 Å². The molecule has 0 fully saturated rings. The molecule has 0 atom stereocenters. The largest absolute Gasteiger partial charge is 0.465 e. The predicted octanol–water partition coefficient (Wildman–Crippen LogP) is 3.51. The van der Waals surface area contributed by atoms with Crippen molar-refractivity contribution in [2.45, 2.75) is 13.8 Å². The average Bonchev–Trinajstić information content (AvgIpc) is 2.74. The molecule has 2 aromatic rings. The molecule has 1 aromatic carbocycles. The van der Waals surface area contributed by atoms with E-state index < -0.39 is 5.97 Å². The lowest BCUT2D eigenvalue weighted by Crippen LogP contribution is -2.03. The molecule has 0 amide bonds. The zero-order valence-corrected chi connectivity index (χ0v) is 11.9. The fourth-order valence-electron chi connectivity index (χ4n) is 1.70. The van der Waals surface area contributed by atoms with E-state index in [1.807, 2.05) is 25.1 Å². The Morgan fingerprint density at radius 2 is 2.11 bits per heavy atom. The third kappa shape index (κ3) is 2.18. The molecule has 0 bridgehead atoms. The average molecular weight is 310 g/mol. The Balaban J connectivity index is 2.57. The number of carbonyl (C=O) groups is 1. The first kappa shape index (κ1) is 12.8. The molecule has 18 heavy (non-hydrogen) atoms. The number of nitrogens with zero attached hydrogens (tertiary/aromatic N) is 1. The molecule has 0 unspecified atom stereocenters. The molecule has 4 nitrogen and oxygen atoms in total. The van der Waals surface area contributed by atoms with Gasteiger partial charge in [0.1, 0.15) is 5.56 Å². The fraction of sp³-hybridized carbons (Fsp3) is 0.231. The predicted molar refractivity (Wildman–Crippen MR) is 70.5 cm³/mol. The maximum atomic E-state index is 11.7. The summed E-state index contributed by atoms with van der Waals surface area (Å²) in [5, 5.41) is 3.83. The molecule has 0 saturated carbocycles. The Morgan fingerprint density at radius 3 is 2.72 bits per heavy atom. The second kappa shape index (κ2) is 4.94. The molecule has 0 spiro atoms. The summed E-state index contributed by atoms with van der Waals surface area (Å²) in [6.07, 6.45) is 0. The molecular weight excluding hydrogens is 298 g/mol. The number of esters is 1. The Labute approximate surface area is 113 Å². The van der Waals surface area contributed by atoms with Crippen molar-refractivity contribution in [1.82, 2.24) is 5.16 Å². The molecule has 5 heteroatoms. The monoisotopic (exact) mass is 309 g/mol. The zero-order chi connectivity index (χ0) is 13.3. The summed E-state index contributed by atoms with van der Waals surface area (Å²) in [5.74, 6) is -0.000674. The van der Waals surface area contributed by atoms with Crippen molar-refractivity contribution in [3.05, 3.63) is 39.5 Å². The van der Waals surface area contributed by atoms with Gasteiger partial charge in [0.25, 0.3) is 0 Å². The highest BCUT2D eigenvalue weighted by Gasteiger charge is 2.22. The maximum Gasteiger partial charge on any atom is 0.343 e. The van der Waals surface area contributed by atoms with E-state index in [2.05, 4.69) is 21.1 Å². The van der Waals surface area contributed by atoms with Crippen LogP contribution >= 0.6 is 15.9 Å². The number of aromatic nitrogens is 1. The minimum atomic E-state index is -0.440. The zero-order valence-electron chi connectivity index (χ0n) is 10.3. The number of hydrogen-bond donors (Lipinski definition) is 0. The lowest BCUT2D eigenvalue weighted by Gasteiger charge is -2.03. The van der Waals surface area contributed by atoms with Gasteiger partial charge >= 0.3 is 5.97 Å². The van der Waals surface area contributed by atoms with Crippen LogP contribution in [-0.2, 0) is 4.74 Å². The number of halogens is 1. The fourth-order valence-corrected chi connectivity index (χ4v) is 1.94. The van der Waals surface area contributed by atoms with Crippen molar-refractivity contribution < 1.29 is 14.1 Å². The van der Waals surface area contributed by atoms with Gasteiger partial charge in [0.15, 0.2) is 5.76 Å². The highest BCUT2D eigenvalue weighted by atomic mass is 79.9. The molecule has 1 aromatic heterocycles. The second-order valence-electron chi connectivity index (χ2n) is 3.93. The summed E-state index contributed by atoms with van der Waals surface area (Å²) in [6, 6.07) is 5.70. The first-order valence-electron chi connectivity index (χ1n) is 5.35. The summed E-state index contributed by atoms with van der Waals surface area (Å²) >= 11 is 3.43. The van der Waals surface area contributed by atoms with Crippen LogP contribution in [0.5, 0.6) is 0 Å². The lowest BCUT2D eigenvalue weighted by atomic mass is 10.1. The van der Waals surface area contributed by atoms with E-state index in [9.17, 15) is 4.79 Å². The van der Waals surface area contributed by atoms with E-state index in [0.717, 1.165) is 15.6 Å². The summed E-state index contributed by atoms with van der Waals surface area (Å²) in [7, 11) is 1.34. The van der Waals surface area contributed by atoms with Crippen molar-refractivity contribution in [2.24, 2.45) is 0 Å². The third-order valence-electron chi connectivity index (χ3n) is 2.67. The van der Waals surface area contributed by atoms with E-state index in [4.69, 9.17) is 9.26 Å². The maximum absolute atomic E-state index is 11.7. The summed E-state index contributed by atoms with van der Waals surface area (Å²) in [4.78, 5) is 11.7. The third-order valence-corrected chi connectivity index (χ3v) is 3.56. The van der Waals surface area contributed by atoms with Crippen molar-refractivity contribution in [3.8, 4) is 11.3 Å². The van der Waals surface area contributed by atoms with Gasteiger partial charge in [-0.1, -0.05) is 21.1 Å². The van der Waals surface area contributed by atoms with Gasteiger partial charge in [0, 0.05) is 10.0 Å². The molecule has 0 radical (unpaired) electrons. The molecule has 0 aliphatic carbocycles. The Bertz CT molecular complexity index is 604. The van der Waals surface area contributed by atoms with E-state index in [1.165, 1.54) is 7.11 Å². The summed E-state index contributed by atoms with van der Waals surface area (Å²) in [6.45, 7) is 3.68. The highest BCUT2D eigenvalue weighted by Crippen LogP contribution is 2.29. The van der Waals surface area contributed by atoms with Crippen LogP contribution in [0.4, 0.5) is 0 Å². The van der Waals surface area contributed by atoms with Gasteiger partial charge in [-0.25, -0.2) is 4.79 Å². The highest BCUT2D eigenvalue weighted by molar-refractivity contribution is 9.10. The topological polar surface area (TPSA) is 52.3 Å². The molecular formula is C13H12BrNO3. The lowest BCUT2D eigenvalue weighted by molar-refractivity contribution is 0.0600. The van der Waals surface area contributed by atoms with Gasteiger partial charge in [0.2, 0.25) is 0 Å². The van der Waals surface area contributed by atoms with Crippen LogP contribution in [0.25, 0.3) is 11.3 Å². The van der Waals surface area contributed by atoms with Gasteiger partial charge in [-0.05, 0) is 37.6 Å². The minimum Gasteiger partial charge on any atom is -0.465 e. The number of aryl methyl sites for hydroxylation is 2. The number of benzene rings is 1. The molecule has 1 heterocycles. The van der Waals surface area contributed by atoms with Crippen molar-refractivity contribution in [2.75, 3.05) is 7.11 Å². The smallest absolute Gasteiger partial charge is 0.343 e. The van der Waals surface area contributed by atoms with E-state index in [1.54, 1.807) is 6.92 Å². The minimum absolute atomic E-state index is 0.374. The Kier molecular flexibility index (Phi) is 3.52. The van der Waals surface area contributed by atoms with Crippen LogP contribution in [0.2, 0.25) is 0 Å². The van der Waals surface area contributed by atoms with Crippen LogP contribution in [0.1, 0.15) is 21.6 Å². The molecule has 94 valence electrons. The van der Waals surface area contributed by atoms with Gasteiger partial charge < -0.3 is 9.26 Å². The summed E-state index contributed by atoms with van der Waals surface area (Å²) in [5.41, 5.74) is 2.76. The van der Waals surface area contributed by atoms with Gasteiger partial charge in [0.05, 0.1) is 12.8 Å². The second-order valence-corrected chi connectivity index (χ2v) is 4.78. The number of ether oxygens (including phenoxy) is 1. The number of rotatable bonds is 2. The van der Waals surface area contributed by atoms with Crippen LogP contribution < -0.4 is 0 Å². The van der Waals surface area contributed by atoms with Gasteiger partial charge in [-0.2, -0.15) is 0 Å². The normalized spacial score (nSPS) is 10.4. The summed E-state index contributed by atoms with van der Waals surface area (Å²) < 4.78 is 11.0. The molecule has 0 aliphatic rings. The van der Waals surface area contributed by atoms with Gasteiger partial charge in [-0.15, -0.1) is 0 Å². The first-order valence-corrected chi connectivity index (χ1v) is 6.15. The number of carbonyl (C=O) groups excluding carboxylic acids is 1. The molecule has 0 N–H and O–H groups in total. The Morgan fingerprint density at radius 1 is 1.39 bits per heavy atom. The van der Waals surface area contributed by atoms with Crippen molar-refractivity contribution >= 4 is 21.9 Å². The molecule has 0 aliphatic heterocycles. The quantitative estimate of drug-likeness (QED) is 0.797. The Hall–Kier alpha value is -1.62. The first-order chi connectivity index (χ1) is 8.54. The van der Waals surface area contributed by atoms with Crippen LogP contribution in [0.3, 0.4) is 0 Å². The SMILES string of the molecule is COC(=O)c1c(C)noc1-c1ccc(Br)c(C)c1. The molecule has 0 saturated heterocycles. The molecule has 2 rings (SSSR count). The van der Waals surface area contributed by atoms with E-state index in [-0.39, 0.29) is 0 Å². The van der Waals surface area contributed by atoms with Crippen LogP contribution in [0, 0.1) is 13.8 Å². The number of methoxy groups -OCH3 is 1.